The molecule has 0 aliphatic heterocycles. The Morgan fingerprint density at radius 3 is 2.68 bits per heavy atom. The Kier molecular flexibility index (Phi) is 3.79. The number of methoxy groups -OCH3 is 1. The van der Waals surface area contributed by atoms with Gasteiger partial charge >= 0.3 is 5.97 Å². The summed E-state index contributed by atoms with van der Waals surface area (Å²) in [6, 6.07) is 8.29. The predicted octanol–water partition coefficient (Wildman–Crippen LogP) is 3.25. The molecule has 102 valence electrons. The first kappa shape index (κ1) is 13.5. The molecule has 0 bridgehead atoms. The van der Waals surface area contributed by atoms with Gasteiger partial charge in [0, 0.05) is 23.2 Å². The van der Waals surface area contributed by atoms with E-state index in [1.165, 1.54) is 0 Å². The van der Waals surface area contributed by atoms with Gasteiger partial charge in [-0.05, 0) is 38.5 Å². The van der Waals surface area contributed by atoms with Gasteiger partial charge in [-0.15, -0.1) is 0 Å². The van der Waals surface area contributed by atoms with Crippen molar-refractivity contribution in [3.63, 3.8) is 0 Å². The fourth-order valence-electron chi connectivity index (χ4n) is 2.42. The molecule has 0 unspecified atom stereocenters. The van der Waals surface area contributed by atoms with E-state index in [9.17, 15) is 4.79 Å². The van der Waals surface area contributed by atoms with E-state index in [4.69, 9.17) is 9.84 Å². The van der Waals surface area contributed by atoms with E-state index in [-0.39, 0.29) is 12.5 Å². The third kappa shape index (κ3) is 2.72. The summed E-state index contributed by atoms with van der Waals surface area (Å²) in [5.74, 6) is 0.0513. The van der Waals surface area contributed by atoms with Crippen LogP contribution in [0.2, 0.25) is 0 Å². The van der Waals surface area contributed by atoms with Crippen molar-refractivity contribution in [3.05, 3.63) is 30.0 Å². The fraction of sp³-hybridized carbons (Fsp3) is 0.400. The third-order valence-electron chi connectivity index (χ3n) is 3.24. The second-order valence-electron chi connectivity index (χ2n) is 4.92. The number of aromatic nitrogens is 1. The van der Waals surface area contributed by atoms with E-state index in [0.29, 0.717) is 6.42 Å². The molecule has 19 heavy (non-hydrogen) atoms. The SMILES string of the molecule is COc1ccc2cc(CCC(=O)O)n(C(C)C)c2c1. The molecule has 0 fully saturated rings. The Morgan fingerprint density at radius 2 is 2.11 bits per heavy atom. The second kappa shape index (κ2) is 5.34. The largest absolute Gasteiger partial charge is 0.497 e. The topological polar surface area (TPSA) is 51.5 Å². The Balaban J connectivity index is 2.51. The maximum Gasteiger partial charge on any atom is 0.303 e. The second-order valence-corrected chi connectivity index (χ2v) is 4.92. The molecule has 4 nitrogen and oxygen atoms in total. The lowest BCUT2D eigenvalue weighted by molar-refractivity contribution is -0.136. The number of carboxylic acids is 1. The van der Waals surface area contributed by atoms with Crippen LogP contribution in [-0.2, 0) is 11.2 Å². The van der Waals surface area contributed by atoms with Crippen molar-refractivity contribution in [2.75, 3.05) is 7.11 Å². The van der Waals surface area contributed by atoms with Crippen molar-refractivity contribution in [1.29, 1.82) is 0 Å². The van der Waals surface area contributed by atoms with Gasteiger partial charge < -0.3 is 14.4 Å². The first-order chi connectivity index (χ1) is 9.02. The van der Waals surface area contributed by atoms with Crippen LogP contribution in [0.25, 0.3) is 10.9 Å². The average Bonchev–Trinajstić information content (AvgIpc) is 2.73. The number of aryl methyl sites for hydroxylation is 1. The summed E-state index contributed by atoms with van der Waals surface area (Å²) >= 11 is 0. The number of carboxylic acid groups (broad SMARTS) is 1. The van der Waals surface area contributed by atoms with E-state index in [1.54, 1.807) is 7.11 Å². The van der Waals surface area contributed by atoms with Gasteiger partial charge in [0.25, 0.3) is 0 Å². The Labute approximate surface area is 112 Å². The van der Waals surface area contributed by atoms with Crippen LogP contribution in [0, 0.1) is 0 Å². The zero-order chi connectivity index (χ0) is 14.0. The monoisotopic (exact) mass is 261 g/mol. The molecular formula is C15H19NO3. The molecule has 0 atom stereocenters. The van der Waals surface area contributed by atoms with E-state index in [1.807, 2.05) is 18.2 Å². The molecule has 2 aromatic rings. The third-order valence-corrected chi connectivity index (χ3v) is 3.24. The molecular weight excluding hydrogens is 242 g/mol. The highest BCUT2D eigenvalue weighted by Gasteiger charge is 2.13. The number of hydrogen-bond donors (Lipinski definition) is 1. The van der Waals surface area contributed by atoms with Gasteiger partial charge in [-0.2, -0.15) is 0 Å². The van der Waals surface area contributed by atoms with Crippen LogP contribution in [0.3, 0.4) is 0 Å². The lowest BCUT2D eigenvalue weighted by Gasteiger charge is -2.14. The van der Waals surface area contributed by atoms with Crippen LogP contribution in [0.15, 0.2) is 24.3 Å². The molecule has 0 amide bonds. The number of fused-ring (bicyclic) bond motifs is 1. The summed E-state index contributed by atoms with van der Waals surface area (Å²) in [5, 5.41) is 9.95. The van der Waals surface area contributed by atoms with Gasteiger partial charge in [-0.3, -0.25) is 4.79 Å². The summed E-state index contributed by atoms with van der Waals surface area (Å²) in [4.78, 5) is 10.7. The van der Waals surface area contributed by atoms with Gasteiger partial charge in [-0.1, -0.05) is 0 Å². The molecule has 0 aliphatic rings. The molecule has 1 aromatic carbocycles. The van der Waals surface area contributed by atoms with Crippen LogP contribution in [0.5, 0.6) is 5.75 Å². The minimum atomic E-state index is -0.766. The molecule has 0 radical (unpaired) electrons. The highest BCUT2D eigenvalue weighted by atomic mass is 16.5. The van der Waals surface area contributed by atoms with E-state index < -0.39 is 5.97 Å². The number of benzene rings is 1. The van der Waals surface area contributed by atoms with Gasteiger partial charge in [-0.25, -0.2) is 0 Å². The van der Waals surface area contributed by atoms with Crippen LogP contribution in [0.4, 0.5) is 0 Å². The standard InChI is InChI=1S/C15H19NO3/c1-10(2)16-12(5-7-15(17)18)8-11-4-6-13(19-3)9-14(11)16/h4,6,8-10H,5,7H2,1-3H3,(H,17,18). The van der Waals surface area contributed by atoms with Crippen molar-refractivity contribution in [2.24, 2.45) is 0 Å². The minimum absolute atomic E-state index is 0.153. The average molecular weight is 261 g/mol. The number of carbonyl (C=O) groups is 1. The summed E-state index contributed by atoms with van der Waals surface area (Å²) in [7, 11) is 1.65. The number of rotatable bonds is 5. The molecule has 1 aromatic heterocycles. The molecule has 2 rings (SSSR count). The van der Waals surface area contributed by atoms with Crippen LogP contribution < -0.4 is 4.74 Å². The predicted molar refractivity (Wildman–Crippen MR) is 74.8 cm³/mol. The van der Waals surface area contributed by atoms with Gasteiger partial charge in [0.15, 0.2) is 0 Å². The van der Waals surface area contributed by atoms with Crippen molar-refractivity contribution < 1.29 is 14.6 Å². The number of hydrogen-bond acceptors (Lipinski definition) is 2. The first-order valence-electron chi connectivity index (χ1n) is 6.42. The molecule has 4 heteroatoms. The highest BCUT2D eigenvalue weighted by molar-refractivity contribution is 5.83. The molecule has 0 aliphatic carbocycles. The maximum absolute atomic E-state index is 10.7. The lowest BCUT2D eigenvalue weighted by atomic mass is 10.2. The summed E-state index contributed by atoms with van der Waals surface area (Å²) in [5.41, 5.74) is 2.15. The zero-order valence-corrected chi connectivity index (χ0v) is 11.5. The van der Waals surface area contributed by atoms with Crippen LogP contribution in [0.1, 0.15) is 32.0 Å². The first-order valence-corrected chi connectivity index (χ1v) is 6.42. The smallest absolute Gasteiger partial charge is 0.303 e. The van der Waals surface area contributed by atoms with E-state index in [2.05, 4.69) is 24.5 Å². The Bertz CT molecular complexity index is 599. The van der Waals surface area contributed by atoms with Crippen LogP contribution >= 0.6 is 0 Å². The van der Waals surface area contributed by atoms with E-state index >= 15 is 0 Å². The van der Waals surface area contributed by atoms with Crippen molar-refractivity contribution >= 4 is 16.9 Å². The van der Waals surface area contributed by atoms with Crippen molar-refractivity contribution in [1.82, 2.24) is 4.57 Å². The Morgan fingerprint density at radius 1 is 1.37 bits per heavy atom. The summed E-state index contributed by atoms with van der Waals surface area (Å²) < 4.78 is 7.44. The normalized spacial score (nSPS) is 11.2. The molecule has 1 N–H and O–H groups in total. The summed E-state index contributed by atoms with van der Waals surface area (Å²) in [6.07, 6.45) is 0.699. The molecule has 0 saturated carbocycles. The van der Waals surface area contributed by atoms with Crippen LogP contribution in [-0.4, -0.2) is 22.8 Å². The van der Waals surface area contributed by atoms with Crippen molar-refractivity contribution in [2.45, 2.75) is 32.7 Å². The molecule has 0 spiro atoms. The highest BCUT2D eigenvalue weighted by Crippen LogP contribution is 2.28. The minimum Gasteiger partial charge on any atom is -0.497 e. The quantitative estimate of drug-likeness (QED) is 0.898. The molecule has 0 saturated heterocycles. The van der Waals surface area contributed by atoms with Gasteiger partial charge in [0.1, 0.15) is 5.75 Å². The lowest BCUT2D eigenvalue weighted by Crippen LogP contribution is -2.07. The van der Waals surface area contributed by atoms with Gasteiger partial charge in [0.2, 0.25) is 0 Å². The summed E-state index contributed by atoms with van der Waals surface area (Å²) in [6.45, 7) is 4.20. The zero-order valence-electron chi connectivity index (χ0n) is 11.5. The fourth-order valence-corrected chi connectivity index (χ4v) is 2.42. The molecule has 1 heterocycles. The van der Waals surface area contributed by atoms with Crippen molar-refractivity contribution in [3.8, 4) is 5.75 Å². The van der Waals surface area contributed by atoms with Gasteiger partial charge in [0.05, 0.1) is 19.0 Å². The number of ether oxygens (including phenoxy) is 1. The number of nitrogens with zero attached hydrogens (tertiary/aromatic N) is 1. The maximum atomic E-state index is 10.7. The Hall–Kier alpha value is -1.97. The van der Waals surface area contributed by atoms with E-state index in [0.717, 1.165) is 22.3 Å². The number of aliphatic carboxylic acids is 1.